The average Bonchev–Trinajstić information content (AvgIpc) is 2.47. The van der Waals surface area contributed by atoms with Gasteiger partial charge in [0.1, 0.15) is 0 Å². The van der Waals surface area contributed by atoms with Crippen molar-refractivity contribution in [1.29, 1.82) is 0 Å². The molecule has 1 aromatic rings. The first-order valence-corrected chi connectivity index (χ1v) is 8.50. The lowest BCUT2D eigenvalue weighted by atomic mass is 10.1. The van der Waals surface area contributed by atoms with Gasteiger partial charge in [0.25, 0.3) is 0 Å². The molecule has 0 radical (unpaired) electrons. The molecule has 0 aliphatic heterocycles. The van der Waals surface area contributed by atoms with Crippen LogP contribution in [0.15, 0.2) is 24.3 Å². The van der Waals surface area contributed by atoms with Crippen molar-refractivity contribution in [3.05, 3.63) is 35.4 Å². The Morgan fingerprint density at radius 2 is 1.25 bits per heavy atom. The lowest BCUT2D eigenvalue weighted by molar-refractivity contribution is 0.0459. The van der Waals surface area contributed by atoms with Crippen LogP contribution in [0.25, 0.3) is 0 Å². The number of benzene rings is 1. The number of alkyl halides is 2. The van der Waals surface area contributed by atoms with E-state index in [-0.39, 0.29) is 11.1 Å². The minimum absolute atomic E-state index is 0.242. The maximum absolute atomic E-state index is 11.9. The standard InChI is InChI=1S/C14H16Br2O4/c15-7-3-9-19-13(17)11-5-1-2-6-12(11)14(18)20-10-4-8-16/h1-2,5-6H,3-4,7-10H2. The van der Waals surface area contributed by atoms with Crippen LogP contribution in [0.4, 0.5) is 0 Å². The average molecular weight is 408 g/mol. The zero-order chi connectivity index (χ0) is 14.8. The molecule has 0 unspecified atom stereocenters. The Bertz CT molecular complexity index is 408. The van der Waals surface area contributed by atoms with Gasteiger partial charge in [0.2, 0.25) is 0 Å². The Morgan fingerprint density at radius 1 is 0.850 bits per heavy atom. The molecule has 0 bridgehead atoms. The highest BCUT2D eigenvalue weighted by atomic mass is 79.9. The fourth-order valence-corrected chi connectivity index (χ4v) is 1.89. The Kier molecular flexibility index (Phi) is 8.53. The van der Waals surface area contributed by atoms with Crippen LogP contribution < -0.4 is 0 Å². The van der Waals surface area contributed by atoms with Gasteiger partial charge in [-0.2, -0.15) is 0 Å². The van der Waals surface area contributed by atoms with Gasteiger partial charge in [0, 0.05) is 10.7 Å². The Hall–Kier alpha value is -0.880. The van der Waals surface area contributed by atoms with Gasteiger partial charge in [-0.25, -0.2) is 9.59 Å². The van der Waals surface area contributed by atoms with E-state index in [0.29, 0.717) is 13.2 Å². The number of carbonyl (C=O) groups excluding carboxylic acids is 2. The van der Waals surface area contributed by atoms with E-state index in [9.17, 15) is 9.59 Å². The van der Waals surface area contributed by atoms with Crippen LogP contribution in [0.3, 0.4) is 0 Å². The van der Waals surface area contributed by atoms with E-state index in [1.807, 2.05) is 0 Å². The lowest BCUT2D eigenvalue weighted by Gasteiger charge is -2.09. The summed E-state index contributed by atoms with van der Waals surface area (Å²) in [6.07, 6.45) is 1.45. The van der Waals surface area contributed by atoms with E-state index >= 15 is 0 Å². The highest BCUT2D eigenvalue weighted by Gasteiger charge is 2.18. The van der Waals surface area contributed by atoms with Gasteiger partial charge < -0.3 is 9.47 Å². The van der Waals surface area contributed by atoms with Gasteiger partial charge in [-0.05, 0) is 25.0 Å². The van der Waals surface area contributed by atoms with Gasteiger partial charge in [-0.1, -0.05) is 44.0 Å². The summed E-state index contributed by atoms with van der Waals surface area (Å²) in [6.45, 7) is 0.633. The van der Waals surface area contributed by atoms with Crippen molar-refractivity contribution in [2.45, 2.75) is 12.8 Å². The molecular weight excluding hydrogens is 392 g/mol. The second-order valence-corrected chi connectivity index (χ2v) is 5.49. The lowest BCUT2D eigenvalue weighted by Crippen LogP contribution is -2.15. The van der Waals surface area contributed by atoms with Crippen LogP contribution in [0.5, 0.6) is 0 Å². The maximum Gasteiger partial charge on any atom is 0.339 e. The van der Waals surface area contributed by atoms with E-state index in [4.69, 9.17) is 9.47 Å². The number of halogens is 2. The van der Waals surface area contributed by atoms with E-state index in [0.717, 1.165) is 23.5 Å². The molecule has 0 atom stereocenters. The van der Waals surface area contributed by atoms with Gasteiger partial charge in [-0.3, -0.25) is 0 Å². The molecule has 0 amide bonds. The summed E-state index contributed by atoms with van der Waals surface area (Å²) in [5, 5.41) is 1.52. The molecule has 0 aromatic heterocycles. The number of hydrogen-bond acceptors (Lipinski definition) is 4. The summed E-state index contributed by atoms with van der Waals surface area (Å²) in [5.74, 6) is -1.00. The first-order chi connectivity index (χ1) is 9.70. The number of carbonyl (C=O) groups is 2. The van der Waals surface area contributed by atoms with Crippen LogP contribution >= 0.6 is 31.9 Å². The minimum Gasteiger partial charge on any atom is -0.462 e. The summed E-state index contributed by atoms with van der Waals surface area (Å²) >= 11 is 6.52. The fraction of sp³-hybridized carbons (Fsp3) is 0.429. The second kappa shape index (κ2) is 9.94. The summed E-state index contributed by atoms with van der Waals surface area (Å²) in [5.41, 5.74) is 0.483. The summed E-state index contributed by atoms with van der Waals surface area (Å²) < 4.78 is 10.2. The summed E-state index contributed by atoms with van der Waals surface area (Å²) in [6, 6.07) is 6.52. The third-order valence-corrected chi connectivity index (χ3v) is 3.51. The zero-order valence-electron chi connectivity index (χ0n) is 10.9. The highest BCUT2D eigenvalue weighted by molar-refractivity contribution is 9.09. The molecule has 0 heterocycles. The van der Waals surface area contributed by atoms with Crippen LogP contribution in [0, 0.1) is 0 Å². The Morgan fingerprint density at radius 3 is 1.60 bits per heavy atom. The monoisotopic (exact) mass is 406 g/mol. The molecule has 0 N–H and O–H groups in total. The van der Waals surface area contributed by atoms with Gasteiger partial charge in [-0.15, -0.1) is 0 Å². The van der Waals surface area contributed by atoms with Crippen molar-refractivity contribution in [3.8, 4) is 0 Å². The third-order valence-electron chi connectivity index (χ3n) is 2.39. The van der Waals surface area contributed by atoms with E-state index in [1.165, 1.54) is 0 Å². The van der Waals surface area contributed by atoms with Crippen LogP contribution in [0.2, 0.25) is 0 Å². The molecule has 0 saturated heterocycles. The smallest absolute Gasteiger partial charge is 0.339 e. The van der Waals surface area contributed by atoms with Gasteiger partial charge in [0.05, 0.1) is 24.3 Å². The van der Waals surface area contributed by atoms with E-state index in [1.54, 1.807) is 24.3 Å². The van der Waals surface area contributed by atoms with Crippen LogP contribution in [0.1, 0.15) is 33.6 Å². The largest absolute Gasteiger partial charge is 0.462 e. The maximum atomic E-state index is 11.9. The van der Waals surface area contributed by atoms with Crippen LogP contribution in [-0.4, -0.2) is 35.8 Å². The topological polar surface area (TPSA) is 52.6 Å². The Balaban J connectivity index is 2.71. The molecule has 0 aliphatic carbocycles. The zero-order valence-corrected chi connectivity index (χ0v) is 14.1. The van der Waals surface area contributed by atoms with Crippen molar-refractivity contribution in [2.75, 3.05) is 23.9 Å². The summed E-state index contributed by atoms with van der Waals surface area (Å²) in [7, 11) is 0. The molecule has 0 aliphatic rings. The molecule has 4 nitrogen and oxygen atoms in total. The van der Waals surface area contributed by atoms with Crippen molar-refractivity contribution in [3.63, 3.8) is 0 Å². The van der Waals surface area contributed by atoms with Crippen molar-refractivity contribution in [1.82, 2.24) is 0 Å². The van der Waals surface area contributed by atoms with E-state index < -0.39 is 11.9 Å². The SMILES string of the molecule is O=C(OCCCBr)c1ccccc1C(=O)OCCCBr. The van der Waals surface area contributed by atoms with Gasteiger partial charge >= 0.3 is 11.9 Å². The number of ether oxygens (including phenoxy) is 2. The fourth-order valence-electron chi connectivity index (χ4n) is 1.43. The first kappa shape index (κ1) is 17.2. The van der Waals surface area contributed by atoms with Gasteiger partial charge in [0.15, 0.2) is 0 Å². The molecule has 1 aromatic carbocycles. The molecule has 20 heavy (non-hydrogen) atoms. The highest BCUT2D eigenvalue weighted by Crippen LogP contribution is 2.12. The normalized spacial score (nSPS) is 10.1. The number of hydrogen-bond donors (Lipinski definition) is 0. The van der Waals surface area contributed by atoms with Crippen molar-refractivity contribution >= 4 is 43.8 Å². The minimum atomic E-state index is -0.501. The Labute approximate surface area is 135 Å². The number of esters is 2. The molecule has 6 heteroatoms. The van der Waals surface area contributed by atoms with Crippen molar-refractivity contribution < 1.29 is 19.1 Å². The molecule has 0 spiro atoms. The first-order valence-electron chi connectivity index (χ1n) is 6.26. The molecule has 0 fully saturated rings. The van der Waals surface area contributed by atoms with Crippen LogP contribution in [-0.2, 0) is 9.47 Å². The molecule has 0 saturated carbocycles. The third kappa shape index (κ3) is 5.63. The summed E-state index contributed by atoms with van der Waals surface area (Å²) in [4.78, 5) is 23.8. The van der Waals surface area contributed by atoms with E-state index in [2.05, 4.69) is 31.9 Å². The molecule has 110 valence electrons. The quantitative estimate of drug-likeness (QED) is 0.375. The predicted octanol–water partition coefficient (Wildman–Crippen LogP) is 3.57. The molecule has 1 rings (SSSR count). The molecular formula is C14H16Br2O4. The predicted molar refractivity (Wildman–Crippen MR) is 83.8 cm³/mol. The van der Waals surface area contributed by atoms with Crippen molar-refractivity contribution in [2.24, 2.45) is 0 Å². The number of rotatable bonds is 8. The second-order valence-electron chi connectivity index (χ2n) is 3.90.